The maximum Gasteiger partial charge on any atom is 0.238 e. The van der Waals surface area contributed by atoms with E-state index in [1.807, 2.05) is 31.2 Å². The largest absolute Gasteiger partial charge is 0.325 e. The number of carbonyl (C=O) groups is 1. The third-order valence-corrected chi connectivity index (χ3v) is 4.60. The zero-order valence-electron chi connectivity index (χ0n) is 11.5. The Morgan fingerprint density at radius 2 is 2.00 bits per heavy atom. The fourth-order valence-electron chi connectivity index (χ4n) is 3.56. The van der Waals surface area contributed by atoms with Gasteiger partial charge in [0.2, 0.25) is 5.91 Å². The topological polar surface area (TPSA) is 41.1 Å². The van der Waals surface area contributed by atoms with Crippen molar-refractivity contribution >= 4 is 11.6 Å². The van der Waals surface area contributed by atoms with E-state index in [4.69, 9.17) is 0 Å². The van der Waals surface area contributed by atoms with Gasteiger partial charge in [-0.05, 0) is 50.2 Å². The lowest BCUT2D eigenvalue weighted by atomic mass is 9.95. The van der Waals surface area contributed by atoms with Crippen molar-refractivity contribution in [1.29, 1.82) is 0 Å². The van der Waals surface area contributed by atoms with Crippen molar-refractivity contribution in [2.24, 2.45) is 11.8 Å². The highest BCUT2D eigenvalue weighted by atomic mass is 16.1. The van der Waals surface area contributed by atoms with Gasteiger partial charge in [0, 0.05) is 11.7 Å². The van der Waals surface area contributed by atoms with Crippen LogP contribution >= 0.6 is 0 Å². The molecule has 3 unspecified atom stereocenters. The fraction of sp³-hybridized carbons (Fsp3) is 0.562. The smallest absolute Gasteiger partial charge is 0.238 e. The SMILES string of the molecule is Cc1ccc(NC(=O)CNC2CC3CCC2C3)cc1. The van der Waals surface area contributed by atoms with E-state index in [1.165, 1.54) is 31.2 Å². The molecule has 0 aliphatic heterocycles. The molecular formula is C16H22N2O. The van der Waals surface area contributed by atoms with Crippen molar-refractivity contribution in [1.82, 2.24) is 5.32 Å². The Morgan fingerprint density at radius 1 is 1.21 bits per heavy atom. The van der Waals surface area contributed by atoms with Crippen LogP contribution in [-0.4, -0.2) is 18.5 Å². The molecule has 3 nitrogen and oxygen atoms in total. The highest BCUT2D eigenvalue weighted by Gasteiger charge is 2.39. The molecule has 0 saturated heterocycles. The monoisotopic (exact) mass is 258 g/mol. The summed E-state index contributed by atoms with van der Waals surface area (Å²) in [7, 11) is 0. The molecule has 2 saturated carbocycles. The van der Waals surface area contributed by atoms with E-state index in [1.54, 1.807) is 0 Å². The summed E-state index contributed by atoms with van der Waals surface area (Å²) in [5, 5.41) is 6.37. The molecule has 2 N–H and O–H groups in total. The first-order chi connectivity index (χ1) is 9.20. The molecule has 2 aliphatic rings. The van der Waals surface area contributed by atoms with Gasteiger partial charge in [0.25, 0.3) is 0 Å². The second kappa shape index (κ2) is 5.33. The molecule has 0 spiro atoms. The first kappa shape index (κ1) is 12.7. The van der Waals surface area contributed by atoms with Crippen LogP contribution in [0.3, 0.4) is 0 Å². The fourth-order valence-corrected chi connectivity index (χ4v) is 3.56. The molecule has 19 heavy (non-hydrogen) atoms. The van der Waals surface area contributed by atoms with Crippen molar-refractivity contribution in [3.05, 3.63) is 29.8 Å². The van der Waals surface area contributed by atoms with Crippen LogP contribution in [0.1, 0.15) is 31.2 Å². The molecular weight excluding hydrogens is 236 g/mol. The number of carbonyl (C=O) groups excluding carboxylic acids is 1. The van der Waals surface area contributed by atoms with Crippen molar-refractivity contribution < 1.29 is 4.79 Å². The standard InChI is InChI=1S/C16H22N2O/c1-11-2-6-14(7-3-11)18-16(19)10-17-15-9-12-4-5-13(15)8-12/h2-3,6-7,12-13,15,17H,4-5,8-10H2,1H3,(H,18,19). The number of benzene rings is 1. The van der Waals surface area contributed by atoms with Crippen LogP contribution in [0, 0.1) is 18.8 Å². The summed E-state index contributed by atoms with van der Waals surface area (Å²) in [4.78, 5) is 11.9. The molecule has 2 fully saturated rings. The lowest BCUT2D eigenvalue weighted by Gasteiger charge is -2.22. The minimum Gasteiger partial charge on any atom is -0.325 e. The zero-order valence-corrected chi connectivity index (χ0v) is 11.5. The molecule has 1 aromatic carbocycles. The average Bonchev–Trinajstić information content (AvgIpc) is 3.01. The van der Waals surface area contributed by atoms with Crippen molar-refractivity contribution in [2.75, 3.05) is 11.9 Å². The Morgan fingerprint density at radius 3 is 2.63 bits per heavy atom. The molecule has 1 aromatic rings. The molecule has 0 heterocycles. The molecule has 0 radical (unpaired) electrons. The van der Waals surface area contributed by atoms with E-state index in [9.17, 15) is 4.79 Å². The lowest BCUT2D eigenvalue weighted by molar-refractivity contribution is -0.115. The summed E-state index contributed by atoms with van der Waals surface area (Å²) in [5.74, 6) is 1.80. The molecule has 0 aromatic heterocycles. The Labute approximate surface area is 114 Å². The highest BCUT2D eigenvalue weighted by molar-refractivity contribution is 5.92. The first-order valence-corrected chi connectivity index (χ1v) is 7.30. The number of fused-ring (bicyclic) bond motifs is 2. The first-order valence-electron chi connectivity index (χ1n) is 7.30. The third kappa shape index (κ3) is 2.98. The predicted molar refractivity (Wildman–Crippen MR) is 77.0 cm³/mol. The Hall–Kier alpha value is -1.35. The summed E-state index contributed by atoms with van der Waals surface area (Å²) < 4.78 is 0. The number of amides is 1. The third-order valence-electron chi connectivity index (χ3n) is 4.60. The van der Waals surface area contributed by atoms with Gasteiger partial charge >= 0.3 is 0 Å². The van der Waals surface area contributed by atoms with Crippen molar-refractivity contribution in [3.8, 4) is 0 Å². The van der Waals surface area contributed by atoms with Gasteiger partial charge in [-0.3, -0.25) is 4.79 Å². The molecule has 2 bridgehead atoms. The van der Waals surface area contributed by atoms with Gasteiger partial charge in [0.05, 0.1) is 6.54 Å². The van der Waals surface area contributed by atoms with E-state index < -0.39 is 0 Å². The van der Waals surface area contributed by atoms with Gasteiger partial charge in [-0.15, -0.1) is 0 Å². The molecule has 102 valence electrons. The van der Waals surface area contributed by atoms with Gasteiger partial charge in [-0.2, -0.15) is 0 Å². The summed E-state index contributed by atoms with van der Waals surface area (Å²) in [6, 6.07) is 8.50. The van der Waals surface area contributed by atoms with E-state index in [0.717, 1.165) is 17.5 Å². The molecule has 3 rings (SSSR count). The summed E-state index contributed by atoms with van der Waals surface area (Å²) in [5.41, 5.74) is 2.09. The van der Waals surface area contributed by atoms with Crippen LogP contribution < -0.4 is 10.6 Å². The number of hydrogen-bond donors (Lipinski definition) is 2. The normalized spacial score (nSPS) is 28.6. The second-order valence-corrected chi connectivity index (χ2v) is 6.08. The van der Waals surface area contributed by atoms with Gasteiger partial charge in [-0.25, -0.2) is 0 Å². The van der Waals surface area contributed by atoms with E-state index in [-0.39, 0.29) is 5.91 Å². The summed E-state index contributed by atoms with van der Waals surface area (Å²) in [6.07, 6.45) is 5.39. The lowest BCUT2D eigenvalue weighted by Crippen LogP contribution is -2.39. The molecule has 3 heteroatoms. The minimum absolute atomic E-state index is 0.0617. The highest BCUT2D eigenvalue weighted by Crippen LogP contribution is 2.44. The number of aryl methyl sites for hydroxylation is 1. The predicted octanol–water partition coefficient (Wildman–Crippen LogP) is 2.71. The zero-order chi connectivity index (χ0) is 13.2. The Bertz CT molecular complexity index is 454. The van der Waals surface area contributed by atoms with Crippen LogP contribution in [0.2, 0.25) is 0 Å². The number of nitrogens with one attached hydrogen (secondary N) is 2. The average molecular weight is 258 g/mol. The molecule has 2 aliphatic carbocycles. The number of rotatable bonds is 4. The van der Waals surface area contributed by atoms with E-state index >= 15 is 0 Å². The van der Waals surface area contributed by atoms with Crippen molar-refractivity contribution in [3.63, 3.8) is 0 Å². The van der Waals surface area contributed by atoms with Gasteiger partial charge < -0.3 is 10.6 Å². The van der Waals surface area contributed by atoms with E-state index in [2.05, 4.69) is 10.6 Å². The summed E-state index contributed by atoms with van der Waals surface area (Å²) in [6.45, 7) is 2.48. The van der Waals surface area contributed by atoms with E-state index in [0.29, 0.717) is 12.6 Å². The van der Waals surface area contributed by atoms with Gasteiger partial charge in [-0.1, -0.05) is 24.1 Å². The van der Waals surface area contributed by atoms with Crippen LogP contribution in [0.25, 0.3) is 0 Å². The number of anilines is 1. The van der Waals surface area contributed by atoms with Crippen molar-refractivity contribution in [2.45, 2.75) is 38.6 Å². The van der Waals surface area contributed by atoms with Crippen LogP contribution in [0.5, 0.6) is 0 Å². The number of hydrogen-bond acceptors (Lipinski definition) is 2. The minimum atomic E-state index is 0.0617. The Kier molecular flexibility index (Phi) is 3.56. The van der Waals surface area contributed by atoms with Crippen LogP contribution in [0.4, 0.5) is 5.69 Å². The molecule has 3 atom stereocenters. The maximum absolute atomic E-state index is 11.9. The van der Waals surface area contributed by atoms with Gasteiger partial charge in [0.15, 0.2) is 0 Å². The Balaban J connectivity index is 1.45. The maximum atomic E-state index is 11.9. The quantitative estimate of drug-likeness (QED) is 0.872. The van der Waals surface area contributed by atoms with Crippen LogP contribution in [0.15, 0.2) is 24.3 Å². The summed E-state index contributed by atoms with van der Waals surface area (Å²) >= 11 is 0. The van der Waals surface area contributed by atoms with Gasteiger partial charge in [0.1, 0.15) is 0 Å². The second-order valence-electron chi connectivity index (χ2n) is 6.08. The van der Waals surface area contributed by atoms with Crippen LogP contribution in [-0.2, 0) is 4.79 Å². The molecule has 1 amide bonds.